The second kappa shape index (κ2) is 12.3. The van der Waals surface area contributed by atoms with Gasteiger partial charge in [0.1, 0.15) is 11.5 Å². The lowest BCUT2D eigenvalue weighted by Gasteiger charge is -2.22. The number of hydrogen-bond donors (Lipinski definition) is 2. The van der Waals surface area contributed by atoms with Crippen LogP contribution < -0.4 is 0 Å². The number of phenols is 2. The number of benzene rings is 3. The molecule has 0 aliphatic carbocycles. The molecule has 2 heterocycles. The third kappa shape index (κ3) is 6.31. The summed E-state index contributed by atoms with van der Waals surface area (Å²) in [5, 5.41) is 53.4. The van der Waals surface area contributed by atoms with Crippen LogP contribution >= 0.6 is 0 Å². The van der Waals surface area contributed by atoms with Gasteiger partial charge in [0.2, 0.25) is 0 Å². The van der Waals surface area contributed by atoms with Crippen LogP contribution in [-0.2, 0) is 11.2 Å². The molecule has 0 fully saturated rings. The zero-order chi connectivity index (χ0) is 28.8. The van der Waals surface area contributed by atoms with Gasteiger partial charge in [0, 0.05) is 24.2 Å². The van der Waals surface area contributed by atoms with Crippen LogP contribution in [0.15, 0.2) is 70.9 Å². The molecule has 0 aliphatic rings. The van der Waals surface area contributed by atoms with Gasteiger partial charge in [-0.05, 0) is 99.8 Å². The Kier molecular flexibility index (Phi) is 8.15. The summed E-state index contributed by atoms with van der Waals surface area (Å²) in [6.07, 6.45) is 3.93. The van der Waals surface area contributed by atoms with Gasteiger partial charge >= 0.3 is 0 Å². The van der Waals surface area contributed by atoms with Crippen molar-refractivity contribution in [2.45, 2.75) is 26.2 Å². The van der Waals surface area contributed by atoms with E-state index in [1.54, 1.807) is 57.7 Å². The number of ether oxygens (including phenoxy) is 1. The summed E-state index contributed by atoms with van der Waals surface area (Å²) in [5.74, 6) is 0.660. The summed E-state index contributed by atoms with van der Waals surface area (Å²) in [4.78, 5) is 2.62. The second-order valence-electron chi connectivity index (χ2n) is 9.28. The van der Waals surface area contributed by atoms with Crippen LogP contribution in [0.1, 0.15) is 50.9 Å². The van der Waals surface area contributed by atoms with E-state index < -0.39 is 5.92 Å². The van der Waals surface area contributed by atoms with E-state index in [2.05, 4.69) is 47.3 Å². The number of phenolic OH excluding ortho intramolecular Hbond substituents is 2. The van der Waals surface area contributed by atoms with Gasteiger partial charge in [-0.1, -0.05) is 24.3 Å². The number of nitrogens with zero attached hydrogens (tertiary/aromatic N) is 10. The van der Waals surface area contributed by atoms with Crippen molar-refractivity contribution in [3.63, 3.8) is 0 Å². The fourth-order valence-corrected chi connectivity index (χ4v) is 4.35. The van der Waals surface area contributed by atoms with E-state index in [0.29, 0.717) is 46.9 Å². The number of aryl methyl sites for hydroxylation is 2. The van der Waals surface area contributed by atoms with Crippen LogP contribution in [0.4, 0.5) is 0 Å². The van der Waals surface area contributed by atoms with Gasteiger partial charge in [-0.3, -0.25) is 0 Å². The first kappa shape index (κ1) is 27.3. The highest BCUT2D eigenvalue weighted by Crippen LogP contribution is 2.41. The molecule has 5 rings (SSSR count). The van der Waals surface area contributed by atoms with Crippen molar-refractivity contribution in [1.82, 2.24) is 40.6 Å². The Morgan fingerprint density at radius 1 is 0.805 bits per heavy atom. The maximum absolute atomic E-state index is 11.1. The highest BCUT2D eigenvalue weighted by molar-refractivity contribution is 5.82. The van der Waals surface area contributed by atoms with Crippen molar-refractivity contribution in [2.24, 2.45) is 10.2 Å². The highest BCUT2D eigenvalue weighted by atomic mass is 16.5. The standard InChI is InChI=1S/C28H28N10O3/c1-18-31-33-35-37(18)29-16-21-7-9-26(39)24(14-21)28(23-6-4-5-20(13-23)11-12-41-3)25-15-22(8-10-27(25)40)17-30-38-19(2)32-34-36-38/h4-10,13-17,28,39-40H,11-12H2,1-3H3/b29-16+,30-17+. The maximum atomic E-state index is 11.1. The molecule has 0 aliphatic heterocycles. The summed E-state index contributed by atoms with van der Waals surface area (Å²) < 4.78 is 5.28. The SMILES string of the molecule is COCCc1cccc(C(c2cc(/C=N/n3nnnc3C)ccc2O)c2cc(/C=N/n3nnnc3C)ccc2O)c1. The van der Waals surface area contributed by atoms with Crippen molar-refractivity contribution >= 4 is 12.4 Å². The summed E-state index contributed by atoms with van der Waals surface area (Å²) in [6.45, 7) is 4.05. The molecule has 0 amide bonds. The molecule has 0 radical (unpaired) electrons. The molecular weight excluding hydrogens is 524 g/mol. The molecule has 208 valence electrons. The predicted octanol–water partition coefficient (Wildman–Crippen LogP) is 2.82. The number of aromatic nitrogens is 8. The van der Waals surface area contributed by atoms with Gasteiger partial charge in [0.05, 0.1) is 19.0 Å². The molecule has 2 aromatic heterocycles. The first-order valence-corrected chi connectivity index (χ1v) is 12.7. The summed E-state index contributed by atoms with van der Waals surface area (Å²) >= 11 is 0. The molecular formula is C28H28N10O3. The van der Waals surface area contributed by atoms with E-state index in [1.807, 2.05) is 30.3 Å². The van der Waals surface area contributed by atoms with Crippen molar-refractivity contribution < 1.29 is 14.9 Å². The van der Waals surface area contributed by atoms with E-state index in [4.69, 9.17) is 4.74 Å². The summed E-state index contributed by atoms with van der Waals surface area (Å²) in [6, 6.07) is 18.4. The largest absolute Gasteiger partial charge is 0.508 e. The molecule has 0 bridgehead atoms. The highest BCUT2D eigenvalue weighted by Gasteiger charge is 2.24. The zero-order valence-electron chi connectivity index (χ0n) is 22.7. The minimum Gasteiger partial charge on any atom is -0.508 e. The number of rotatable bonds is 10. The van der Waals surface area contributed by atoms with E-state index in [1.165, 1.54) is 9.58 Å². The van der Waals surface area contributed by atoms with Crippen LogP contribution in [0.3, 0.4) is 0 Å². The van der Waals surface area contributed by atoms with E-state index in [-0.39, 0.29) is 11.5 Å². The van der Waals surface area contributed by atoms with Gasteiger partial charge in [-0.2, -0.15) is 10.2 Å². The third-order valence-corrected chi connectivity index (χ3v) is 6.44. The van der Waals surface area contributed by atoms with Crippen molar-refractivity contribution in [3.05, 3.63) is 106 Å². The lowest BCUT2D eigenvalue weighted by molar-refractivity contribution is 0.202. The number of hydrogen-bond acceptors (Lipinski definition) is 11. The lowest BCUT2D eigenvalue weighted by Crippen LogP contribution is -2.07. The second-order valence-corrected chi connectivity index (χ2v) is 9.28. The molecule has 13 heteroatoms. The van der Waals surface area contributed by atoms with E-state index >= 15 is 0 Å². The third-order valence-electron chi connectivity index (χ3n) is 6.44. The van der Waals surface area contributed by atoms with E-state index in [0.717, 1.165) is 11.1 Å². The first-order chi connectivity index (χ1) is 19.9. The minimum atomic E-state index is -0.538. The molecule has 5 aromatic rings. The topological polar surface area (TPSA) is 162 Å². The van der Waals surface area contributed by atoms with Crippen LogP contribution in [-0.4, -0.2) is 77.0 Å². The lowest BCUT2D eigenvalue weighted by atomic mass is 9.82. The number of tetrazole rings is 2. The van der Waals surface area contributed by atoms with Crippen LogP contribution in [0.2, 0.25) is 0 Å². The van der Waals surface area contributed by atoms with Crippen LogP contribution in [0, 0.1) is 13.8 Å². The Morgan fingerprint density at radius 2 is 1.37 bits per heavy atom. The predicted molar refractivity (Wildman–Crippen MR) is 150 cm³/mol. The smallest absolute Gasteiger partial charge is 0.173 e. The molecule has 0 saturated heterocycles. The molecule has 0 unspecified atom stereocenters. The average Bonchev–Trinajstić information content (AvgIpc) is 3.59. The quantitative estimate of drug-likeness (QED) is 0.196. The molecule has 3 aromatic carbocycles. The van der Waals surface area contributed by atoms with Gasteiger partial charge in [-0.15, -0.1) is 19.8 Å². The Balaban J connectivity index is 1.61. The monoisotopic (exact) mass is 552 g/mol. The summed E-state index contributed by atoms with van der Waals surface area (Å²) in [7, 11) is 1.66. The summed E-state index contributed by atoms with van der Waals surface area (Å²) in [5.41, 5.74) is 4.50. The van der Waals surface area contributed by atoms with Crippen LogP contribution in [0.5, 0.6) is 11.5 Å². The fourth-order valence-electron chi connectivity index (χ4n) is 4.35. The van der Waals surface area contributed by atoms with Crippen molar-refractivity contribution in [2.75, 3.05) is 13.7 Å². The Labute approximate surface area is 235 Å². The van der Waals surface area contributed by atoms with Gasteiger partial charge < -0.3 is 14.9 Å². The molecule has 13 nitrogen and oxygen atoms in total. The average molecular weight is 553 g/mol. The van der Waals surface area contributed by atoms with Crippen molar-refractivity contribution in [3.8, 4) is 11.5 Å². The Hall–Kier alpha value is -5.30. The van der Waals surface area contributed by atoms with Crippen molar-refractivity contribution in [1.29, 1.82) is 0 Å². The van der Waals surface area contributed by atoms with Gasteiger partial charge in [0.25, 0.3) is 0 Å². The Bertz CT molecular complexity index is 1610. The maximum Gasteiger partial charge on any atom is 0.173 e. The van der Waals surface area contributed by atoms with Crippen LogP contribution in [0.25, 0.3) is 0 Å². The number of aromatic hydroxyl groups is 2. The van der Waals surface area contributed by atoms with E-state index in [9.17, 15) is 10.2 Å². The Morgan fingerprint density at radius 3 is 1.85 bits per heavy atom. The molecule has 0 spiro atoms. The molecule has 2 N–H and O–H groups in total. The minimum absolute atomic E-state index is 0.0656. The normalized spacial score (nSPS) is 11.8. The number of methoxy groups -OCH3 is 1. The zero-order valence-corrected chi connectivity index (χ0v) is 22.7. The molecule has 0 saturated carbocycles. The first-order valence-electron chi connectivity index (χ1n) is 12.7. The fraction of sp³-hybridized carbons (Fsp3) is 0.214. The molecule has 0 atom stereocenters. The molecule has 41 heavy (non-hydrogen) atoms. The van der Waals surface area contributed by atoms with Gasteiger partial charge in [-0.25, -0.2) is 0 Å². The van der Waals surface area contributed by atoms with Gasteiger partial charge in [0.15, 0.2) is 11.6 Å².